The van der Waals surface area contributed by atoms with Crippen molar-refractivity contribution in [2.45, 2.75) is 18.7 Å². The fourth-order valence-corrected chi connectivity index (χ4v) is 3.94. The van der Waals surface area contributed by atoms with Crippen LogP contribution in [0.5, 0.6) is 0 Å². The molecule has 20 heavy (non-hydrogen) atoms. The summed E-state index contributed by atoms with van der Waals surface area (Å²) in [5, 5.41) is 13.6. The Morgan fingerprint density at radius 3 is 2.35 bits per heavy atom. The molecule has 1 aliphatic rings. The molecule has 0 unspecified atom stereocenters. The van der Waals surface area contributed by atoms with Crippen LogP contribution in [0.4, 0.5) is 5.69 Å². The summed E-state index contributed by atoms with van der Waals surface area (Å²) in [5.41, 5.74) is 0.517. The van der Waals surface area contributed by atoms with Gasteiger partial charge in [-0.3, -0.25) is 10.1 Å². The fourth-order valence-electron chi connectivity index (χ4n) is 2.17. The zero-order valence-corrected chi connectivity index (χ0v) is 12.0. The molecule has 110 valence electrons. The molecule has 0 saturated carbocycles. The quantitative estimate of drug-likeness (QED) is 0.617. The van der Waals surface area contributed by atoms with Gasteiger partial charge in [0.25, 0.3) is 5.69 Å². The number of nitro benzene ring substituents is 1. The van der Waals surface area contributed by atoms with Gasteiger partial charge in [-0.15, -0.1) is 0 Å². The van der Waals surface area contributed by atoms with Gasteiger partial charge >= 0.3 is 0 Å². The van der Waals surface area contributed by atoms with E-state index in [1.165, 1.54) is 28.6 Å². The van der Waals surface area contributed by atoms with E-state index >= 15 is 0 Å². The number of likely N-dealkylation sites (N-methyl/N-ethyl adjacent to an activating group) is 1. The summed E-state index contributed by atoms with van der Waals surface area (Å²) >= 11 is 0. The molecule has 0 bridgehead atoms. The number of benzene rings is 1. The number of nitro groups is 1. The van der Waals surface area contributed by atoms with E-state index in [1.807, 2.05) is 6.92 Å². The molecule has 1 aromatic rings. The number of hydrogen-bond donors (Lipinski definition) is 1. The highest BCUT2D eigenvalue weighted by Gasteiger charge is 2.32. The lowest BCUT2D eigenvalue weighted by Gasteiger charge is -2.36. The fraction of sp³-hybridized carbons (Fsp3) is 0.500. The Morgan fingerprint density at radius 2 is 1.95 bits per heavy atom. The van der Waals surface area contributed by atoms with Crippen molar-refractivity contribution in [1.29, 1.82) is 0 Å². The molecule has 1 aromatic carbocycles. The average molecular weight is 299 g/mol. The zero-order valence-electron chi connectivity index (χ0n) is 11.2. The summed E-state index contributed by atoms with van der Waals surface area (Å²) in [5.74, 6) is -0.130. The van der Waals surface area contributed by atoms with Crippen LogP contribution >= 0.6 is 0 Å². The van der Waals surface area contributed by atoms with Crippen molar-refractivity contribution < 1.29 is 13.3 Å². The van der Waals surface area contributed by atoms with E-state index in [9.17, 15) is 18.5 Å². The first kappa shape index (κ1) is 14.9. The number of nitrogens with zero attached hydrogens (tertiary/aromatic N) is 2. The van der Waals surface area contributed by atoms with Crippen LogP contribution in [0, 0.1) is 10.1 Å². The Morgan fingerprint density at radius 1 is 1.35 bits per heavy atom. The molecule has 0 aromatic heterocycles. The van der Waals surface area contributed by atoms with E-state index in [-0.39, 0.29) is 17.5 Å². The summed E-state index contributed by atoms with van der Waals surface area (Å²) in [7, 11) is -3.40. The first-order valence-electron chi connectivity index (χ1n) is 6.37. The van der Waals surface area contributed by atoms with Crippen LogP contribution in [0.3, 0.4) is 0 Å². The molecular formula is C12H17N3O4S. The third kappa shape index (κ3) is 3.14. The van der Waals surface area contributed by atoms with Crippen LogP contribution in [0.1, 0.15) is 12.5 Å². The largest absolute Gasteiger partial charge is 0.313 e. The normalized spacial score (nSPS) is 16.1. The lowest BCUT2D eigenvalue weighted by molar-refractivity contribution is -0.384. The third-order valence-electron chi connectivity index (χ3n) is 3.33. The maximum atomic E-state index is 12.3. The van der Waals surface area contributed by atoms with Crippen LogP contribution in [0.25, 0.3) is 0 Å². The maximum absolute atomic E-state index is 12.3. The van der Waals surface area contributed by atoms with E-state index in [4.69, 9.17) is 0 Å². The van der Waals surface area contributed by atoms with Gasteiger partial charge in [0.1, 0.15) is 0 Å². The van der Waals surface area contributed by atoms with Crippen molar-refractivity contribution in [3.05, 3.63) is 39.9 Å². The van der Waals surface area contributed by atoms with E-state index in [2.05, 4.69) is 5.32 Å². The monoisotopic (exact) mass is 299 g/mol. The molecule has 0 aliphatic carbocycles. The molecule has 1 N–H and O–H groups in total. The minimum Gasteiger partial charge on any atom is -0.313 e. The number of hydrogen-bond acceptors (Lipinski definition) is 5. The summed E-state index contributed by atoms with van der Waals surface area (Å²) in [6.07, 6.45) is 0. The molecule has 2 rings (SSSR count). The van der Waals surface area contributed by atoms with Crippen LogP contribution < -0.4 is 5.32 Å². The highest BCUT2D eigenvalue weighted by molar-refractivity contribution is 7.88. The van der Waals surface area contributed by atoms with Gasteiger partial charge in [0, 0.05) is 37.8 Å². The zero-order chi connectivity index (χ0) is 14.8. The molecule has 1 fully saturated rings. The molecule has 7 nitrogen and oxygen atoms in total. The Bertz CT molecular complexity index is 581. The maximum Gasteiger partial charge on any atom is 0.269 e. The predicted molar refractivity (Wildman–Crippen MR) is 74.8 cm³/mol. The molecule has 0 atom stereocenters. The topological polar surface area (TPSA) is 92.6 Å². The van der Waals surface area contributed by atoms with Gasteiger partial charge in [-0.1, -0.05) is 19.1 Å². The van der Waals surface area contributed by atoms with Crippen molar-refractivity contribution in [3.8, 4) is 0 Å². The van der Waals surface area contributed by atoms with Gasteiger partial charge in [-0.2, -0.15) is 4.31 Å². The van der Waals surface area contributed by atoms with Crippen LogP contribution in [-0.4, -0.2) is 43.3 Å². The smallest absolute Gasteiger partial charge is 0.269 e. The Hall–Kier alpha value is -1.51. The van der Waals surface area contributed by atoms with Gasteiger partial charge in [-0.25, -0.2) is 8.42 Å². The summed E-state index contributed by atoms with van der Waals surface area (Å²) in [6.45, 7) is 3.59. The first-order valence-corrected chi connectivity index (χ1v) is 7.98. The van der Waals surface area contributed by atoms with E-state index < -0.39 is 14.9 Å². The SMILES string of the molecule is CCN(C1CNC1)S(=O)(=O)Cc1ccc([N+](=O)[O-])cc1. The summed E-state index contributed by atoms with van der Waals surface area (Å²) < 4.78 is 26.2. The van der Waals surface area contributed by atoms with Crippen LogP contribution in [0.2, 0.25) is 0 Å². The number of non-ortho nitro benzene ring substituents is 1. The van der Waals surface area contributed by atoms with Crippen molar-refractivity contribution in [1.82, 2.24) is 9.62 Å². The number of sulfonamides is 1. The lowest BCUT2D eigenvalue weighted by Crippen LogP contribution is -2.58. The van der Waals surface area contributed by atoms with E-state index in [0.29, 0.717) is 25.2 Å². The van der Waals surface area contributed by atoms with Gasteiger partial charge < -0.3 is 5.32 Å². The van der Waals surface area contributed by atoms with Crippen LogP contribution in [0.15, 0.2) is 24.3 Å². The highest BCUT2D eigenvalue weighted by atomic mass is 32.2. The summed E-state index contributed by atoms with van der Waals surface area (Å²) in [4.78, 5) is 10.1. The standard InChI is InChI=1S/C12H17N3O4S/c1-2-14(12-7-13-8-12)20(18,19)9-10-3-5-11(6-4-10)15(16)17/h3-6,12-13H,2,7-9H2,1H3. The lowest BCUT2D eigenvalue weighted by atomic mass is 10.2. The average Bonchev–Trinajstić information content (AvgIpc) is 2.33. The molecule has 0 radical (unpaired) electrons. The molecular weight excluding hydrogens is 282 g/mol. The molecule has 8 heteroatoms. The van der Waals surface area contributed by atoms with Gasteiger partial charge in [0.05, 0.1) is 10.7 Å². The minimum atomic E-state index is -3.40. The second kappa shape index (κ2) is 5.86. The number of rotatable bonds is 6. The molecule has 1 heterocycles. The molecule has 1 saturated heterocycles. The van der Waals surface area contributed by atoms with Crippen molar-refractivity contribution in [2.75, 3.05) is 19.6 Å². The van der Waals surface area contributed by atoms with Crippen molar-refractivity contribution in [3.63, 3.8) is 0 Å². The van der Waals surface area contributed by atoms with E-state index in [1.54, 1.807) is 0 Å². The Labute approximate surface area is 117 Å². The van der Waals surface area contributed by atoms with Crippen molar-refractivity contribution in [2.24, 2.45) is 0 Å². The second-order valence-corrected chi connectivity index (χ2v) is 6.62. The predicted octanol–water partition coefficient (Wildman–Crippen LogP) is 0.718. The Kier molecular flexibility index (Phi) is 4.36. The Balaban J connectivity index is 2.12. The molecule has 0 amide bonds. The van der Waals surface area contributed by atoms with Gasteiger partial charge in [-0.05, 0) is 5.56 Å². The van der Waals surface area contributed by atoms with Gasteiger partial charge in [0.15, 0.2) is 0 Å². The highest BCUT2D eigenvalue weighted by Crippen LogP contribution is 2.18. The summed E-state index contributed by atoms with van der Waals surface area (Å²) in [6, 6.07) is 5.64. The van der Waals surface area contributed by atoms with Crippen molar-refractivity contribution >= 4 is 15.7 Å². The second-order valence-electron chi connectivity index (χ2n) is 4.70. The third-order valence-corrected chi connectivity index (χ3v) is 5.30. The van der Waals surface area contributed by atoms with Gasteiger partial charge in [0.2, 0.25) is 10.0 Å². The number of nitrogens with one attached hydrogen (secondary N) is 1. The molecule has 1 aliphatic heterocycles. The van der Waals surface area contributed by atoms with Crippen LogP contribution in [-0.2, 0) is 15.8 Å². The van der Waals surface area contributed by atoms with E-state index in [0.717, 1.165) is 0 Å². The first-order chi connectivity index (χ1) is 9.44. The molecule has 0 spiro atoms. The minimum absolute atomic E-state index is 0.0167.